The van der Waals surface area contributed by atoms with Crippen LogP contribution in [0.3, 0.4) is 0 Å². The molecule has 35 heavy (non-hydrogen) atoms. The van der Waals surface area contributed by atoms with Gasteiger partial charge in [0.25, 0.3) is 0 Å². The number of fused-ring (bicyclic) bond motifs is 2. The number of amides is 1. The third-order valence-corrected chi connectivity index (χ3v) is 7.90. The molecule has 1 saturated heterocycles. The Morgan fingerprint density at radius 2 is 1.91 bits per heavy atom. The molecule has 1 aromatic carbocycles. The summed E-state index contributed by atoms with van der Waals surface area (Å²) in [6.45, 7) is 8.17. The van der Waals surface area contributed by atoms with Crippen molar-refractivity contribution >= 4 is 28.8 Å². The Hall–Kier alpha value is -2.64. The van der Waals surface area contributed by atoms with Crippen LogP contribution >= 0.6 is 0 Å². The maximum atomic E-state index is 14.1. The summed E-state index contributed by atoms with van der Waals surface area (Å²) >= 11 is 0. The summed E-state index contributed by atoms with van der Waals surface area (Å²) in [5.41, 5.74) is 4.05. The molecule has 2 aliphatic heterocycles. The average molecular weight is 479 g/mol. The number of anilines is 4. The molecule has 1 aliphatic carbocycles. The van der Waals surface area contributed by atoms with Crippen LogP contribution in [0.1, 0.15) is 45.1 Å². The number of nitrogens with zero attached hydrogens (tertiary/aromatic N) is 3. The van der Waals surface area contributed by atoms with E-state index in [2.05, 4.69) is 53.3 Å². The molecule has 0 bridgehead atoms. The van der Waals surface area contributed by atoms with Crippen LogP contribution in [0.25, 0.3) is 0 Å². The summed E-state index contributed by atoms with van der Waals surface area (Å²) in [7, 11) is 1.82. The van der Waals surface area contributed by atoms with Crippen molar-refractivity contribution < 1.29 is 14.3 Å². The molecule has 1 unspecified atom stereocenters. The van der Waals surface area contributed by atoms with Crippen LogP contribution in [0.2, 0.25) is 0 Å². The first-order chi connectivity index (χ1) is 17.0. The van der Waals surface area contributed by atoms with Crippen molar-refractivity contribution in [3.8, 4) is 0 Å². The molecule has 0 spiro atoms. The molecule has 1 aromatic heterocycles. The fourth-order valence-electron chi connectivity index (χ4n) is 6.05. The number of hydrogen-bond acceptors (Lipinski definition) is 6. The minimum absolute atomic E-state index is 0.0361. The van der Waals surface area contributed by atoms with Crippen LogP contribution in [-0.2, 0) is 20.8 Å². The van der Waals surface area contributed by atoms with Gasteiger partial charge in [-0.1, -0.05) is 19.9 Å². The van der Waals surface area contributed by atoms with Crippen LogP contribution in [0.4, 0.5) is 22.9 Å². The van der Waals surface area contributed by atoms with Crippen molar-refractivity contribution in [2.75, 3.05) is 48.5 Å². The lowest BCUT2D eigenvalue weighted by Gasteiger charge is -2.36. The summed E-state index contributed by atoms with van der Waals surface area (Å²) in [6.07, 6.45) is 5.98. The van der Waals surface area contributed by atoms with Gasteiger partial charge in [-0.05, 0) is 61.8 Å². The summed E-state index contributed by atoms with van der Waals surface area (Å²) in [4.78, 5) is 23.0. The third-order valence-electron chi connectivity index (χ3n) is 7.90. The van der Waals surface area contributed by atoms with Gasteiger partial charge in [0.1, 0.15) is 5.82 Å². The summed E-state index contributed by atoms with van der Waals surface area (Å²) in [5.74, 6) is 2.10. The number of morpholine rings is 1. The lowest BCUT2D eigenvalue weighted by molar-refractivity contribution is -0.124. The van der Waals surface area contributed by atoms with Crippen molar-refractivity contribution in [3.63, 3.8) is 0 Å². The average Bonchev–Trinajstić information content (AvgIpc) is 3.06. The third kappa shape index (κ3) is 5.02. The smallest absolute Gasteiger partial charge is 0.230 e. The first kappa shape index (κ1) is 24.1. The molecule has 3 aliphatic rings. The Morgan fingerprint density at radius 3 is 2.63 bits per heavy atom. The van der Waals surface area contributed by atoms with Gasteiger partial charge in [0.05, 0.1) is 37.2 Å². The fraction of sp³-hybridized carbons (Fsp3) is 0.571. The molecule has 1 N–H and O–H groups in total. The van der Waals surface area contributed by atoms with Crippen molar-refractivity contribution in [2.45, 2.75) is 52.2 Å². The summed E-state index contributed by atoms with van der Waals surface area (Å²) in [6, 6.07) is 10.4. The van der Waals surface area contributed by atoms with Gasteiger partial charge in [-0.15, -0.1) is 0 Å². The van der Waals surface area contributed by atoms with E-state index in [1.165, 1.54) is 0 Å². The van der Waals surface area contributed by atoms with Gasteiger partial charge in [-0.25, -0.2) is 4.98 Å². The van der Waals surface area contributed by atoms with Gasteiger partial charge in [0.2, 0.25) is 5.91 Å². The number of methoxy groups -OCH3 is 1. The number of rotatable bonds is 5. The van der Waals surface area contributed by atoms with Crippen LogP contribution in [0.15, 0.2) is 36.5 Å². The van der Waals surface area contributed by atoms with E-state index in [1.54, 1.807) is 6.20 Å². The van der Waals surface area contributed by atoms with E-state index in [-0.39, 0.29) is 17.9 Å². The number of pyridine rings is 1. The van der Waals surface area contributed by atoms with E-state index in [4.69, 9.17) is 9.47 Å². The van der Waals surface area contributed by atoms with Gasteiger partial charge in [-0.3, -0.25) is 4.79 Å². The molecule has 1 saturated carbocycles. The summed E-state index contributed by atoms with van der Waals surface area (Å²) in [5, 5.41) is 3.50. The highest BCUT2D eigenvalue weighted by atomic mass is 16.5. The van der Waals surface area contributed by atoms with Crippen LogP contribution in [0, 0.1) is 17.8 Å². The van der Waals surface area contributed by atoms with Gasteiger partial charge in [0.15, 0.2) is 0 Å². The molecule has 3 heterocycles. The van der Waals surface area contributed by atoms with E-state index in [9.17, 15) is 4.79 Å². The zero-order chi connectivity index (χ0) is 24.4. The van der Waals surface area contributed by atoms with E-state index >= 15 is 0 Å². The van der Waals surface area contributed by atoms with Crippen LogP contribution < -0.4 is 15.1 Å². The number of ether oxygens (including phenoxy) is 2. The maximum absolute atomic E-state index is 14.1. The predicted molar refractivity (Wildman–Crippen MR) is 139 cm³/mol. The van der Waals surface area contributed by atoms with Crippen molar-refractivity contribution in [3.05, 3.63) is 42.1 Å². The van der Waals surface area contributed by atoms with Crippen LogP contribution in [-0.4, -0.2) is 50.4 Å². The lowest BCUT2D eigenvalue weighted by Crippen LogP contribution is -2.40. The Balaban J connectivity index is 1.42. The number of aromatic nitrogens is 1. The molecule has 5 rings (SSSR count). The Morgan fingerprint density at radius 1 is 1.14 bits per heavy atom. The van der Waals surface area contributed by atoms with E-state index in [0.29, 0.717) is 18.4 Å². The fourth-order valence-corrected chi connectivity index (χ4v) is 6.05. The molecule has 2 aromatic rings. The first-order valence-electron chi connectivity index (χ1n) is 13.1. The van der Waals surface area contributed by atoms with Crippen molar-refractivity contribution in [2.24, 2.45) is 17.8 Å². The predicted octanol–water partition coefficient (Wildman–Crippen LogP) is 4.99. The van der Waals surface area contributed by atoms with Gasteiger partial charge < -0.3 is 24.6 Å². The standard InChI is InChI=1S/C28H38N4O3/c1-19(2)26(34-3)20-6-8-21(9-7-20)28(33)32-18-22-5-4-12-29-27(22)30-24-11-10-23(17-25(24)32)31-13-15-35-16-14-31/h4-5,10-12,17,19-21,26H,6-9,13-16,18H2,1-3H3,(H,29,30)/t20-,21+,26?. The van der Waals surface area contributed by atoms with Gasteiger partial charge in [0, 0.05) is 43.6 Å². The van der Waals surface area contributed by atoms with Crippen LogP contribution in [0.5, 0.6) is 0 Å². The highest BCUT2D eigenvalue weighted by Crippen LogP contribution is 2.41. The van der Waals surface area contributed by atoms with Crippen molar-refractivity contribution in [1.29, 1.82) is 0 Å². The number of benzene rings is 1. The normalized spacial score (nSPS) is 23.2. The topological polar surface area (TPSA) is 66.9 Å². The molecular weight excluding hydrogens is 440 g/mol. The van der Waals surface area contributed by atoms with E-state index in [0.717, 1.165) is 80.4 Å². The van der Waals surface area contributed by atoms with E-state index < -0.39 is 0 Å². The second-order valence-corrected chi connectivity index (χ2v) is 10.4. The summed E-state index contributed by atoms with van der Waals surface area (Å²) < 4.78 is 11.4. The molecule has 2 fully saturated rings. The highest BCUT2D eigenvalue weighted by Gasteiger charge is 2.36. The Bertz CT molecular complexity index is 1030. The molecule has 7 nitrogen and oxygen atoms in total. The molecular formula is C28H38N4O3. The molecule has 1 amide bonds. The Labute approximate surface area is 208 Å². The Kier molecular flexibility index (Phi) is 7.25. The number of hydrogen-bond donors (Lipinski definition) is 1. The number of carbonyl (C=O) groups excluding carboxylic acids is 1. The molecule has 0 radical (unpaired) electrons. The zero-order valence-electron chi connectivity index (χ0n) is 21.2. The van der Waals surface area contributed by atoms with Gasteiger partial charge in [-0.2, -0.15) is 0 Å². The highest BCUT2D eigenvalue weighted by molar-refractivity contribution is 6.00. The number of carbonyl (C=O) groups is 1. The second-order valence-electron chi connectivity index (χ2n) is 10.4. The number of nitrogens with one attached hydrogen (secondary N) is 1. The monoisotopic (exact) mass is 478 g/mol. The van der Waals surface area contributed by atoms with Crippen molar-refractivity contribution in [1.82, 2.24) is 4.98 Å². The lowest BCUT2D eigenvalue weighted by atomic mass is 9.76. The maximum Gasteiger partial charge on any atom is 0.230 e. The minimum Gasteiger partial charge on any atom is -0.381 e. The largest absolute Gasteiger partial charge is 0.381 e. The van der Waals surface area contributed by atoms with E-state index in [1.807, 2.05) is 18.1 Å². The minimum atomic E-state index is 0.0361. The van der Waals surface area contributed by atoms with Gasteiger partial charge >= 0.3 is 0 Å². The molecule has 188 valence electrons. The SMILES string of the molecule is COC(C(C)C)[C@H]1CC[C@@H](C(=O)N2Cc3cccnc3Nc3ccc(N4CCOCC4)cc32)CC1. The zero-order valence-corrected chi connectivity index (χ0v) is 21.2. The second kappa shape index (κ2) is 10.5. The first-order valence-corrected chi connectivity index (χ1v) is 13.1. The molecule has 7 heteroatoms. The quantitative estimate of drug-likeness (QED) is 0.653. The molecule has 1 atom stereocenters.